The van der Waals surface area contributed by atoms with Gasteiger partial charge in [-0.1, -0.05) is 27.7 Å². The molecule has 2 unspecified atom stereocenters. The van der Waals surface area contributed by atoms with Gasteiger partial charge in [0.05, 0.1) is 0 Å². The average molecular weight is 261 g/mol. The van der Waals surface area contributed by atoms with Crippen LogP contribution in [0.1, 0.15) is 39.7 Å². The minimum absolute atomic E-state index is 0.507. The number of piperidine rings is 1. The van der Waals surface area contributed by atoms with Crippen LogP contribution in [0.15, 0.2) is 18.5 Å². The topological polar surface area (TPSA) is 28.2 Å². The lowest BCUT2D eigenvalue weighted by Crippen LogP contribution is -2.39. The van der Waals surface area contributed by atoms with E-state index in [0.717, 1.165) is 18.4 Å². The summed E-state index contributed by atoms with van der Waals surface area (Å²) < 4.78 is 0. The standard InChI is InChI=1S/C16H27N3/c1-12(2)18-9-15-8-17-6-5-16(15)19-10-13(3)7-14(4)11-19/h5-6,8,12-14,18H,7,9-11H2,1-4H3. The van der Waals surface area contributed by atoms with Gasteiger partial charge in [0.2, 0.25) is 0 Å². The number of aromatic nitrogens is 1. The third-order valence-corrected chi connectivity index (χ3v) is 3.79. The molecule has 2 rings (SSSR count). The van der Waals surface area contributed by atoms with Gasteiger partial charge in [0.15, 0.2) is 0 Å². The fourth-order valence-electron chi connectivity index (χ4n) is 3.04. The zero-order valence-corrected chi connectivity index (χ0v) is 12.7. The van der Waals surface area contributed by atoms with E-state index in [-0.39, 0.29) is 0 Å². The Balaban J connectivity index is 2.14. The summed E-state index contributed by atoms with van der Waals surface area (Å²) in [4.78, 5) is 6.83. The maximum Gasteiger partial charge on any atom is 0.0443 e. The normalized spacial score (nSPS) is 23.9. The van der Waals surface area contributed by atoms with Crippen molar-refractivity contribution in [1.29, 1.82) is 0 Å². The zero-order chi connectivity index (χ0) is 13.8. The smallest absolute Gasteiger partial charge is 0.0443 e. The molecule has 2 atom stereocenters. The second kappa shape index (κ2) is 6.38. The highest BCUT2D eigenvalue weighted by Gasteiger charge is 2.23. The molecule has 0 saturated carbocycles. The summed E-state index contributed by atoms with van der Waals surface area (Å²) in [5.41, 5.74) is 2.68. The van der Waals surface area contributed by atoms with E-state index in [1.54, 1.807) is 0 Å². The van der Waals surface area contributed by atoms with Gasteiger partial charge in [-0.05, 0) is 24.3 Å². The van der Waals surface area contributed by atoms with Gasteiger partial charge < -0.3 is 10.2 Å². The molecule has 1 aliphatic heterocycles. The quantitative estimate of drug-likeness (QED) is 0.903. The van der Waals surface area contributed by atoms with Crippen molar-refractivity contribution in [2.45, 2.75) is 46.7 Å². The predicted molar refractivity (Wildman–Crippen MR) is 81.4 cm³/mol. The molecule has 1 fully saturated rings. The van der Waals surface area contributed by atoms with Gasteiger partial charge in [0, 0.05) is 49.3 Å². The number of nitrogens with one attached hydrogen (secondary N) is 1. The van der Waals surface area contributed by atoms with Crippen molar-refractivity contribution in [3.8, 4) is 0 Å². The molecule has 19 heavy (non-hydrogen) atoms. The van der Waals surface area contributed by atoms with Gasteiger partial charge in [0.25, 0.3) is 0 Å². The number of hydrogen-bond donors (Lipinski definition) is 1. The summed E-state index contributed by atoms with van der Waals surface area (Å²) in [6.45, 7) is 12.3. The number of hydrogen-bond acceptors (Lipinski definition) is 3. The Kier molecular flexibility index (Phi) is 4.81. The molecule has 0 amide bonds. The van der Waals surface area contributed by atoms with Crippen molar-refractivity contribution >= 4 is 5.69 Å². The summed E-state index contributed by atoms with van der Waals surface area (Å²) in [6, 6.07) is 2.68. The third-order valence-electron chi connectivity index (χ3n) is 3.79. The Labute approximate surface area is 117 Å². The largest absolute Gasteiger partial charge is 0.371 e. The van der Waals surface area contributed by atoms with Crippen molar-refractivity contribution in [3.05, 3.63) is 24.0 Å². The van der Waals surface area contributed by atoms with Gasteiger partial charge in [-0.15, -0.1) is 0 Å². The van der Waals surface area contributed by atoms with Crippen LogP contribution in [0.3, 0.4) is 0 Å². The van der Waals surface area contributed by atoms with E-state index in [2.05, 4.69) is 49.0 Å². The maximum atomic E-state index is 4.29. The van der Waals surface area contributed by atoms with Gasteiger partial charge in [-0.3, -0.25) is 4.98 Å². The minimum Gasteiger partial charge on any atom is -0.371 e. The van der Waals surface area contributed by atoms with Crippen LogP contribution >= 0.6 is 0 Å². The van der Waals surface area contributed by atoms with Gasteiger partial charge in [-0.2, -0.15) is 0 Å². The fraction of sp³-hybridized carbons (Fsp3) is 0.688. The van der Waals surface area contributed by atoms with E-state index in [9.17, 15) is 0 Å². The van der Waals surface area contributed by atoms with Gasteiger partial charge >= 0.3 is 0 Å². The molecule has 1 aromatic rings. The van der Waals surface area contributed by atoms with E-state index in [1.165, 1.54) is 30.8 Å². The van der Waals surface area contributed by atoms with Crippen LogP contribution in [0.4, 0.5) is 5.69 Å². The highest BCUT2D eigenvalue weighted by Crippen LogP contribution is 2.28. The lowest BCUT2D eigenvalue weighted by atomic mass is 9.91. The van der Waals surface area contributed by atoms with Crippen molar-refractivity contribution in [1.82, 2.24) is 10.3 Å². The lowest BCUT2D eigenvalue weighted by Gasteiger charge is -2.37. The van der Waals surface area contributed by atoms with Crippen molar-refractivity contribution in [2.75, 3.05) is 18.0 Å². The van der Waals surface area contributed by atoms with Crippen molar-refractivity contribution in [3.63, 3.8) is 0 Å². The third kappa shape index (κ3) is 3.93. The van der Waals surface area contributed by atoms with E-state index in [4.69, 9.17) is 0 Å². The van der Waals surface area contributed by atoms with E-state index < -0.39 is 0 Å². The van der Waals surface area contributed by atoms with Crippen LogP contribution in [-0.4, -0.2) is 24.1 Å². The van der Waals surface area contributed by atoms with Crippen LogP contribution < -0.4 is 10.2 Å². The monoisotopic (exact) mass is 261 g/mol. The predicted octanol–water partition coefficient (Wildman–Crippen LogP) is 3.06. The SMILES string of the molecule is CC1CC(C)CN(c2ccncc2CNC(C)C)C1. The Morgan fingerprint density at radius 3 is 2.63 bits per heavy atom. The second-order valence-corrected chi connectivity index (χ2v) is 6.39. The van der Waals surface area contributed by atoms with Crippen LogP contribution in [0.25, 0.3) is 0 Å². The maximum absolute atomic E-state index is 4.29. The molecule has 0 radical (unpaired) electrons. The molecular weight excluding hydrogens is 234 g/mol. The molecule has 2 heterocycles. The lowest BCUT2D eigenvalue weighted by molar-refractivity contribution is 0.356. The first kappa shape index (κ1) is 14.3. The molecule has 0 bridgehead atoms. The Morgan fingerprint density at radius 2 is 2.00 bits per heavy atom. The molecule has 0 spiro atoms. The Bertz CT molecular complexity index is 393. The molecule has 1 N–H and O–H groups in total. The summed E-state index contributed by atoms with van der Waals surface area (Å²) in [5, 5.41) is 3.50. The molecule has 1 saturated heterocycles. The van der Waals surface area contributed by atoms with Crippen LogP contribution in [0.5, 0.6) is 0 Å². The molecular formula is C16H27N3. The second-order valence-electron chi connectivity index (χ2n) is 6.39. The first-order chi connectivity index (χ1) is 9.06. The first-order valence-corrected chi connectivity index (χ1v) is 7.47. The molecule has 0 aliphatic carbocycles. The minimum atomic E-state index is 0.507. The highest BCUT2D eigenvalue weighted by molar-refractivity contribution is 5.52. The summed E-state index contributed by atoms with van der Waals surface area (Å²) in [7, 11) is 0. The highest BCUT2D eigenvalue weighted by atomic mass is 15.1. The summed E-state index contributed by atoms with van der Waals surface area (Å²) >= 11 is 0. The molecule has 3 nitrogen and oxygen atoms in total. The summed E-state index contributed by atoms with van der Waals surface area (Å²) in [5.74, 6) is 1.56. The fourth-order valence-corrected chi connectivity index (χ4v) is 3.04. The van der Waals surface area contributed by atoms with E-state index >= 15 is 0 Å². The number of anilines is 1. The van der Waals surface area contributed by atoms with Crippen molar-refractivity contribution < 1.29 is 0 Å². The number of rotatable bonds is 4. The molecule has 0 aromatic carbocycles. The zero-order valence-electron chi connectivity index (χ0n) is 12.7. The molecule has 1 aromatic heterocycles. The summed E-state index contributed by atoms with van der Waals surface area (Å²) in [6.07, 6.45) is 5.27. The van der Waals surface area contributed by atoms with Crippen LogP contribution in [-0.2, 0) is 6.54 Å². The Morgan fingerprint density at radius 1 is 1.32 bits per heavy atom. The molecule has 106 valence electrons. The van der Waals surface area contributed by atoms with Gasteiger partial charge in [0.1, 0.15) is 0 Å². The Hall–Kier alpha value is -1.09. The number of nitrogens with zero attached hydrogens (tertiary/aromatic N) is 2. The molecule has 1 aliphatic rings. The van der Waals surface area contributed by atoms with E-state index in [0.29, 0.717) is 6.04 Å². The average Bonchev–Trinajstić information content (AvgIpc) is 2.35. The number of pyridine rings is 1. The molecule has 3 heteroatoms. The van der Waals surface area contributed by atoms with Crippen molar-refractivity contribution in [2.24, 2.45) is 11.8 Å². The van der Waals surface area contributed by atoms with Crippen LogP contribution in [0.2, 0.25) is 0 Å². The first-order valence-electron chi connectivity index (χ1n) is 7.47. The van der Waals surface area contributed by atoms with Crippen LogP contribution in [0, 0.1) is 11.8 Å². The van der Waals surface area contributed by atoms with E-state index in [1.807, 2.05) is 12.4 Å². The van der Waals surface area contributed by atoms with Gasteiger partial charge in [-0.25, -0.2) is 0 Å².